The van der Waals surface area contributed by atoms with Crippen LogP contribution in [-0.4, -0.2) is 17.6 Å². The van der Waals surface area contributed by atoms with Gasteiger partial charge in [-0.15, -0.1) is 0 Å². The van der Waals surface area contributed by atoms with E-state index in [9.17, 15) is 0 Å². The van der Waals surface area contributed by atoms with Gasteiger partial charge in [-0.3, -0.25) is 0 Å². The fourth-order valence-electron chi connectivity index (χ4n) is 4.60. The number of anilines is 1. The minimum atomic E-state index is 0.368. The molecule has 1 heterocycles. The van der Waals surface area contributed by atoms with Gasteiger partial charge in [0.2, 0.25) is 0 Å². The van der Waals surface area contributed by atoms with E-state index in [1.54, 1.807) is 0 Å². The van der Waals surface area contributed by atoms with Crippen molar-refractivity contribution in [3.05, 3.63) is 78.6 Å². The molecule has 0 saturated carbocycles. The molecule has 2 aromatic carbocycles. The van der Waals surface area contributed by atoms with Crippen LogP contribution in [0.15, 0.2) is 73.1 Å². The summed E-state index contributed by atoms with van der Waals surface area (Å²) in [4.78, 5) is 4.99. The lowest BCUT2D eigenvalue weighted by Gasteiger charge is -2.33. The van der Waals surface area contributed by atoms with Gasteiger partial charge in [-0.1, -0.05) is 120 Å². The van der Waals surface area contributed by atoms with Crippen molar-refractivity contribution in [2.24, 2.45) is 0 Å². The van der Waals surface area contributed by atoms with Gasteiger partial charge in [0.1, 0.15) is 6.17 Å². The van der Waals surface area contributed by atoms with Crippen molar-refractivity contribution in [2.45, 2.75) is 90.1 Å². The van der Waals surface area contributed by atoms with Gasteiger partial charge in [-0.2, -0.15) is 0 Å². The van der Waals surface area contributed by atoms with E-state index in [0.29, 0.717) is 6.17 Å². The van der Waals surface area contributed by atoms with Crippen LogP contribution in [0.25, 0.3) is 0 Å². The lowest BCUT2D eigenvalue weighted by atomic mass is 10.1. The van der Waals surface area contributed by atoms with Gasteiger partial charge in [0, 0.05) is 31.1 Å². The number of unbranched alkanes of at least 4 members (excludes halogenated alkanes) is 10. The molecular weight excluding hydrogens is 376 g/mol. The molecule has 2 aromatic rings. The lowest BCUT2D eigenvalue weighted by Crippen LogP contribution is -2.40. The van der Waals surface area contributed by atoms with Crippen LogP contribution in [0.2, 0.25) is 0 Å². The van der Waals surface area contributed by atoms with Gasteiger partial charge in [-0.05, 0) is 24.1 Å². The highest BCUT2D eigenvalue weighted by atomic mass is 15.4. The molecule has 2 nitrogen and oxygen atoms in total. The van der Waals surface area contributed by atoms with E-state index in [1.807, 2.05) is 0 Å². The third-order valence-corrected chi connectivity index (χ3v) is 6.46. The number of para-hydroxylation sites is 1. The molecule has 1 atom stereocenters. The largest absolute Gasteiger partial charge is 0.355 e. The van der Waals surface area contributed by atoms with Gasteiger partial charge in [0.05, 0.1) is 0 Å². The Morgan fingerprint density at radius 2 is 1.16 bits per heavy atom. The van der Waals surface area contributed by atoms with Gasteiger partial charge < -0.3 is 9.80 Å². The monoisotopic (exact) mass is 418 g/mol. The second kappa shape index (κ2) is 14.0. The van der Waals surface area contributed by atoms with Crippen LogP contribution < -0.4 is 4.90 Å². The molecule has 168 valence electrons. The molecule has 1 unspecified atom stereocenters. The minimum Gasteiger partial charge on any atom is -0.355 e. The van der Waals surface area contributed by atoms with Crippen molar-refractivity contribution >= 4 is 5.69 Å². The zero-order chi connectivity index (χ0) is 21.6. The summed E-state index contributed by atoms with van der Waals surface area (Å²) in [6, 6.07) is 21.7. The van der Waals surface area contributed by atoms with Crippen molar-refractivity contribution < 1.29 is 0 Å². The summed E-state index contributed by atoms with van der Waals surface area (Å²) in [5, 5.41) is 0. The molecule has 31 heavy (non-hydrogen) atoms. The van der Waals surface area contributed by atoms with E-state index < -0.39 is 0 Å². The van der Waals surface area contributed by atoms with Crippen LogP contribution in [0.5, 0.6) is 0 Å². The number of rotatable bonds is 15. The van der Waals surface area contributed by atoms with Crippen LogP contribution >= 0.6 is 0 Å². The number of nitrogens with zero attached hydrogens (tertiary/aromatic N) is 2. The van der Waals surface area contributed by atoms with Gasteiger partial charge in [0.15, 0.2) is 0 Å². The molecule has 0 saturated heterocycles. The van der Waals surface area contributed by atoms with Crippen LogP contribution in [0.4, 0.5) is 5.69 Å². The SMILES string of the molecule is CCCCCCCCCCCCCN1C=CN(c2ccccc2)C1Cc1ccccc1. The predicted octanol–water partition coefficient (Wildman–Crippen LogP) is 8.16. The first-order valence-corrected chi connectivity index (χ1v) is 12.7. The predicted molar refractivity (Wildman–Crippen MR) is 135 cm³/mol. The van der Waals surface area contributed by atoms with E-state index in [1.165, 1.54) is 81.9 Å². The fraction of sp³-hybridized carbons (Fsp3) is 0.517. The van der Waals surface area contributed by atoms with Crippen LogP contribution in [0.3, 0.4) is 0 Å². The summed E-state index contributed by atoms with van der Waals surface area (Å²) in [5.74, 6) is 0. The zero-order valence-corrected chi connectivity index (χ0v) is 19.6. The van der Waals surface area contributed by atoms with Crippen molar-refractivity contribution in [3.8, 4) is 0 Å². The summed E-state index contributed by atoms with van der Waals surface area (Å²) in [6.45, 7) is 3.44. The molecule has 0 fully saturated rings. The molecule has 1 aliphatic heterocycles. The molecule has 0 radical (unpaired) electrons. The molecule has 1 aliphatic rings. The zero-order valence-electron chi connectivity index (χ0n) is 19.6. The van der Waals surface area contributed by atoms with E-state index in [0.717, 1.165) is 13.0 Å². The molecular formula is C29H42N2. The van der Waals surface area contributed by atoms with Crippen molar-refractivity contribution in [1.29, 1.82) is 0 Å². The second-order valence-electron chi connectivity index (χ2n) is 8.98. The third-order valence-electron chi connectivity index (χ3n) is 6.46. The number of hydrogen-bond acceptors (Lipinski definition) is 2. The number of benzene rings is 2. The van der Waals surface area contributed by atoms with Gasteiger partial charge in [0.25, 0.3) is 0 Å². The Hall–Kier alpha value is -2.22. The summed E-state index contributed by atoms with van der Waals surface area (Å²) in [6.07, 6.45) is 21.3. The van der Waals surface area contributed by atoms with E-state index in [-0.39, 0.29) is 0 Å². The van der Waals surface area contributed by atoms with Crippen LogP contribution in [0.1, 0.15) is 83.1 Å². The Labute approximate surface area is 191 Å². The quantitative estimate of drug-likeness (QED) is 0.269. The Kier molecular flexibility index (Phi) is 10.6. The maximum atomic E-state index is 2.55. The topological polar surface area (TPSA) is 6.48 Å². The Balaban J connectivity index is 1.40. The molecule has 0 aromatic heterocycles. The van der Waals surface area contributed by atoms with Crippen molar-refractivity contribution in [2.75, 3.05) is 11.4 Å². The summed E-state index contributed by atoms with van der Waals surface area (Å²) in [7, 11) is 0. The molecule has 0 N–H and O–H groups in total. The first-order valence-electron chi connectivity index (χ1n) is 12.7. The lowest BCUT2D eigenvalue weighted by molar-refractivity contribution is 0.290. The molecule has 0 amide bonds. The molecule has 0 aliphatic carbocycles. The average Bonchev–Trinajstić information content (AvgIpc) is 3.21. The van der Waals surface area contributed by atoms with E-state index in [4.69, 9.17) is 0 Å². The summed E-state index contributed by atoms with van der Waals surface area (Å²) >= 11 is 0. The maximum absolute atomic E-state index is 2.55. The molecule has 2 heteroatoms. The first-order chi connectivity index (χ1) is 15.4. The first kappa shape index (κ1) is 23.4. The Bertz CT molecular complexity index is 725. The molecule has 3 rings (SSSR count). The minimum absolute atomic E-state index is 0.368. The van der Waals surface area contributed by atoms with E-state index >= 15 is 0 Å². The maximum Gasteiger partial charge on any atom is 0.109 e. The van der Waals surface area contributed by atoms with Crippen LogP contribution in [-0.2, 0) is 6.42 Å². The van der Waals surface area contributed by atoms with Gasteiger partial charge >= 0.3 is 0 Å². The fourth-order valence-corrected chi connectivity index (χ4v) is 4.60. The van der Waals surface area contributed by atoms with Gasteiger partial charge in [-0.25, -0.2) is 0 Å². The highest BCUT2D eigenvalue weighted by molar-refractivity contribution is 5.51. The normalized spacial score (nSPS) is 15.7. The second-order valence-corrected chi connectivity index (χ2v) is 8.98. The molecule has 0 spiro atoms. The third kappa shape index (κ3) is 8.09. The van der Waals surface area contributed by atoms with E-state index in [2.05, 4.69) is 89.8 Å². The average molecular weight is 419 g/mol. The summed E-state index contributed by atoms with van der Waals surface area (Å²) < 4.78 is 0. The highest BCUT2D eigenvalue weighted by Gasteiger charge is 2.27. The highest BCUT2D eigenvalue weighted by Crippen LogP contribution is 2.27. The van der Waals surface area contributed by atoms with Crippen LogP contribution in [0, 0.1) is 0 Å². The van der Waals surface area contributed by atoms with Crippen molar-refractivity contribution in [1.82, 2.24) is 4.90 Å². The standard InChI is InChI=1S/C29H42N2/c1-2-3-4-5-6-7-8-9-10-11-18-23-30-24-25-31(28-21-16-13-17-22-28)29(30)26-27-19-14-12-15-20-27/h12-17,19-22,24-25,29H,2-11,18,23,26H2,1H3. The smallest absolute Gasteiger partial charge is 0.109 e. The Morgan fingerprint density at radius 3 is 1.77 bits per heavy atom. The Morgan fingerprint density at radius 1 is 0.613 bits per heavy atom. The number of hydrogen-bond donors (Lipinski definition) is 0. The molecule has 0 bridgehead atoms. The van der Waals surface area contributed by atoms with Crippen molar-refractivity contribution in [3.63, 3.8) is 0 Å². The summed E-state index contributed by atoms with van der Waals surface area (Å²) in [5.41, 5.74) is 2.68.